The molecule has 0 aromatic carbocycles. The number of imidazole rings is 1. The first-order chi connectivity index (χ1) is 14.3. The van der Waals surface area contributed by atoms with Gasteiger partial charge in [-0.15, -0.1) is 0 Å². The molecule has 11 nitrogen and oxygen atoms in total. The minimum atomic E-state index is -1.24. The molecule has 0 radical (unpaired) electrons. The van der Waals surface area contributed by atoms with Gasteiger partial charge in [0.25, 0.3) is 0 Å². The van der Waals surface area contributed by atoms with Gasteiger partial charge >= 0.3 is 5.97 Å². The minimum Gasteiger partial charge on any atom is -0.480 e. The van der Waals surface area contributed by atoms with Gasteiger partial charge in [-0.2, -0.15) is 25.3 Å². The van der Waals surface area contributed by atoms with Crippen LogP contribution < -0.4 is 16.4 Å². The molecule has 2 heterocycles. The summed E-state index contributed by atoms with van der Waals surface area (Å²) in [5, 5.41) is 14.2. The summed E-state index contributed by atoms with van der Waals surface area (Å²) in [5.41, 5.74) is 6.33. The Morgan fingerprint density at radius 3 is 2.57 bits per heavy atom. The van der Waals surface area contributed by atoms with Crippen molar-refractivity contribution in [2.45, 2.75) is 43.4 Å². The first-order valence-corrected chi connectivity index (χ1v) is 10.6. The van der Waals surface area contributed by atoms with Crippen LogP contribution in [0.5, 0.6) is 0 Å². The number of nitrogens with zero attached hydrogens (tertiary/aromatic N) is 2. The van der Waals surface area contributed by atoms with Gasteiger partial charge in [0.2, 0.25) is 17.7 Å². The summed E-state index contributed by atoms with van der Waals surface area (Å²) < 4.78 is 0. The maximum atomic E-state index is 12.9. The van der Waals surface area contributed by atoms with Crippen LogP contribution in [0, 0.1) is 0 Å². The van der Waals surface area contributed by atoms with Crippen molar-refractivity contribution < 1.29 is 24.3 Å². The summed E-state index contributed by atoms with van der Waals surface area (Å²) in [4.78, 5) is 57.4. The quantitative estimate of drug-likeness (QED) is 0.202. The molecular formula is C17H26N6O5S2. The van der Waals surface area contributed by atoms with Crippen molar-refractivity contribution in [3.8, 4) is 0 Å². The third-order valence-electron chi connectivity index (χ3n) is 4.76. The second-order valence-corrected chi connectivity index (χ2v) is 7.63. The number of hydrogen-bond acceptors (Lipinski definition) is 8. The Bertz CT molecular complexity index is 762. The maximum absolute atomic E-state index is 12.9. The van der Waals surface area contributed by atoms with Crippen LogP contribution >= 0.6 is 25.3 Å². The van der Waals surface area contributed by atoms with E-state index in [-0.39, 0.29) is 23.8 Å². The third-order valence-corrected chi connectivity index (χ3v) is 5.52. The highest BCUT2D eigenvalue weighted by atomic mass is 32.1. The molecule has 2 rings (SSSR count). The number of carboxylic acid groups (broad SMARTS) is 1. The van der Waals surface area contributed by atoms with Gasteiger partial charge in [0.1, 0.15) is 18.1 Å². The minimum absolute atomic E-state index is 0.0628. The topological polar surface area (TPSA) is 171 Å². The van der Waals surface area contributed by atoms with Gasteiger partial charge in [-0.1, -0.05) is 0 Å². The molecule has 0 saturated carbocycles. The van der Waals surface area contributed by atoms with Gasteiger partial charge < -0.3 is 31.4 Å². The first kappa shape index (κ1) is 24.0. The van der Waals surface area contributed by atoms with Gasteiger partial charge in [-0.25, -0.2) is 9.78 Å². The summed E-state index contributed by atoms with van der Waals surface area (Å²) in [5.74, 6) is -2.77. The van der Waals surface area contributed by atoms with E-state index >= 15 is 0 Å². The molecule has 1 saturated heterocycles. The summed E-state index contributed by atoms with van der Waals surface area (Å²) in [7, 11) is 0. The SMILES string of the molecule is NC(CS)C(=O)N1CCCC1C(=O)NC(Cc1cnc[nH]1)C(=O)NC(CS)C(=O)O. The van der Waals surface area contributed by atoms with E-state index in [2.05, 4.69) is 45.9 Å². The Morgan fingerprint density at radius 1 is 1.27 bits per heavy atom. The number of H-pyrrole nitrogens is 1. The summed E-state index contributed by atoms with van der Waals surface area (Å²) in [6.07, 6.45) is 4.05. The van der Waals surface area contributed by atoms with E-state index in [9.17, 15) is 19.2 Å². The van der Waals surface area contributed by atoms with Crippen molar-refractivity contribution in [3.05, 3.63) is 18.2 Å². The van der Waals surface area contributed by atoms with E-state index in [0.29, 0.717) is 25.1 Å². The van der Waals surface area contributed by atoms with Crippen molar-refractivity contribution in [1.82, 2.24) is 25.5 Å². The standard InChI is InChI=1S/C17H26N6O5S2/c18-10(6-29)16(26)23-3-1-2-13(23)15(25)21-11(4-9-5-19-8-20-9)14(24)22-12(7-30)17(27)28/h5,8,10-13,29-30H,1-4,6-7,18H2,(H,19,20)(H,21,25)(H,22,24)(H,27,28). The Morgan fingerprint density at radius 2 is 2.00 bits per heavy atom. The first-order valence-electron chi connectivity index (χ1n) is 9.37. The normalized spacial score (nSPS) is 19.0. The Kier molecular flexibility index (Phi) is 8.99. The van der Waals surface area contributed by atoms with Gasteiger partial charge in [0.05, 0.1) is 12.4 Å². The van der Waals surface area contributed by atoms with Crippen LogP contribution in [-0.2, 0) is 25.6 Å². The lowest BCUT2D eigenvalue weighted by atomic mass is 10.1. The van der Waals surface area contributed by atoms with Gasteiger partial charge in [0.15, 0.2) is 0 Å². The number of carbonyl (C=O) groups excluding carboxylic acids is 3. The third kappa shape index (κ3) is 6.12. The highest BCUT2D eigenvalue weighted by Gasteiger charge is 2.37. The van der Waals surface area contributed by atoms with Crippen LogP contribution in [-0.4, -0.2) is 85.9 Å². The van der Waals surface area contributed by atoms with Crippen molar-refractivity contribution in [2.75, 3.05) is 18.1 Å². The molecule has 1 aliphatic heterocycles. The Balaban J connectivity index is 2.14. The fourth-order valence-electron chi connectivity index (χ4n) is 3.15. The fourth-order valence-corrected chi connectivity index (χ4v) is 3.55. The Labute approximate surface area is 184 Å². The van der Waals surface area contributed by atoms with Crippen LogP contribution in [0.1, 0.15) is 18.5 Å². The lowest BCUT2D eigenvalue weighted by Gasteiger charge is -2.28. The van der Waals surface area contributed by atoms with Crippen LogP contribution in [0.25, 0.3) is 0 Å². The van der Waals surface area contributed by atoms with Crippen molar-refractivity contribution in [3.63, 3.8) is 0 Å². The largest absolute Gasteiger partial charge is 0.480 e. The molecule has 4 atom stereocenters. The lowest BCUT2D eigenvalue weighted by Crippen LogP contribution is -2.57. The molecule has 4 unspecified atom stereocenters. The maximum Gasteiger partial charge on any atom is 0.327 e. The molecule has 13 heteroatoms. The van der Waals surface area contributed by atoms with Crippen molar-refractivity contribution >= 4 is 48.9 Å². The van der Waals surface area contributed by atoms with E-state index in [1.165, 1.54) is 17.4 Å². The summed E-state index contributed by atoms with van der Waals surface area (Å²) >= 11 is 7.96. The number of nitrogens with one attached hydrogen (secondary N) is 3. The second-order valence-electron chi connectivity index (χ2n) is 6.90. The molecule has 0 spiro atoms. The smallest absolute Gasteiger partial charge is 0.327 e. The molecule has 6 N–H and O–H groups in total. The fraction of sp³-hybridized carbons (Fsp3) is 0.588. The number of amides is 3. The number of rotatable bonds is 10. The highest BCUT2D eigenvalue weighted by Crippen LogP contribution is 2.19. The van der Waals surface area contributed by atoms with Crippen molar-refractivity contribution in [2.24, 2.45) is 5.73 Å². The van der Waals surface area contributed by atoms with Gasteiger partial charge in [-0.05, 0) is 12.8 Å². The van der Waals surface area contributed by atoms with Gasteiger partial charge in [0, 0.05) is 36.4 Å². The zero-order valence-electron chi connectivity index (χ0n) is 16.2. The van der Waals surface area contributed by atoms with E-state index in [1.807, 2.05) is 0 Å². The summed E-state index contributed by atoms with van der Waals surface area (Å²) in [6, 6.07) is -3.87. The number of aliphatic carboxylic acids is 1. The Hall–Kier alpha value is -2.25. The molecule has 1 fully saturated rings. The molecule has 3 amide bonds. The number of aromatic nitrogens is 2. The van der Waals surface area contributed by atoms with E-state index in [4.69, 9.17) is 10.8 Å². The van der Waals surface area contributed by atoms with Gasteiger partial charge in [-0.3, -0.25) is 14.4 Å². The number of carbonyl (C=O) groups is 4. The average Bonchev–Trinajstić information content (AvgIpc) is 3.41. The predicted octanol–water partition coefficient (Wildman–Crippen LogP) is -1.82. The molecule has 0 aliphatic carbocycles. The number of hydrogen-bond donors (Lipinski definition) is 7. The van der Waals surface area contributed by atoms with Crippen LogP contribution in [0.15, 0.2) is 12.5 Å². The van der Waals surface area contributed by atoms with Crippen molar-refractivity contribution in [1.29, 1.82) is 0 Å². The monoisotopic (exact) mass is 458 g/mol. The average molecular weight is 459 g/mol. The van der Waals surface area contributed by atoms with Crippen LogP contribution in [0.3, 0.4) is 0 Å². The molecular weight excluding hydrogens is 432 g/mol. The van der Waals surface area contributed by atoms with E-state index < -0.39 is 42.0 Å². The van der Waals surface area contributed by atoms with Crippen LogP contribution in [0.4, 0.5) is 0 Å². The lowest BCUT2D eigenvalue weighted by molar-refractivity contribution is -0.142. The molecule has 1 aliphatic rings. The zero-order chi connectivity index (χ0) is 22.3. The number of thiol groups is 2. The second kappa shape index (κ2) is 11.2. The number of nitrogens with two attached hydrogens (primary N) is 1. The highest BCUT2D eigenvalue weighted by molar-refractivity contribution is 7.80. The summed E-state index contributed by atoms with van der Waals surface area (Å²) in [6.45, 7) is 0.385. The van der Waals surface area contributed by atoms with E-state index in [0.717, 1.165) is 0 Å². The zero-order valence-corrected chi connectivity index (χ0v) is 17.9. The number of aromatic amines is 1. The number of likely N-dealkylation sites (tertiary alicyclic amines) is 1. The molecule has 1 aromatic heterocycles. The molecule has 1 aromatic rings. The molecule has 30 heavy (non-hydrogen) atoms. The molecule has 166 valence electrons. The van der Waals surface area contributed by atoms with E-state index in [1.54, 1.807) is 0 Å². The van der Waals surface area contributed by atoms with Crippen LogP contribution in [0.2, 0.25) is 0 Å². The molecule has 0 bridgehead atoms. The predicted molar refractivity (Wildman–Crippen MR) is 114 cm³/mol. The number of carboxylic acids is 1.